The molecule has 2 aromatic carbocycles. The summed E-state index contributed by atoms with van der Waals surface area (Å²) in [6.45, 7) is 7.27. The Hall–Kier alpha value is -2.79. The van der Waals surface area contributed by atoms with Gasteiger partial charge in [-0.05, 0) is 42.5 Å². The number of hydrogen-bond acceptors (Lipinski definition) is 3. The second-order valence-corrected chi connectivity index (χ2v) is 8.91. The number of aromatic nitrogens is 1. The largest absolute Gasteiger partial charge is 0.497 e. The van der Waals surface area contributed by atoms with E-state index in [0.29, 0.717) is 25.7 Å². The van der Waals surface area contributed by atoms with Gasteiger partial charge >= 0.3 is 0 Å². The Bertz CT molecular complexity index is 1030. The third-order valence-electron chi connectivity index (χ3n) is 6.33. The quantitative estimate of drug-likeness (QED) is 0.598. The Morgan fingerprint density at radius 1 is 1.13 bits per heavy atom. The summed E-state index contributed by atoms with van der Waals surface area (Å²) in [5.74, 6) is 1.33. The van der Waals surface area contributed by atoms with Crippen molar-refractivity contribution >= 4 is 16.8 Å². The lowest BCUT2D eigenvalue weighted by Crippen LogP contribution is -2.44. The van der Waals surface area contributed by atoms with Crippen LogP contribution in [-0.2, 0) is 16.7 Å². The third kappa shape index (κ3) is 4.47. The Balaban J connectivity index is 1.58. The van der Waals surface area contributed by atoms with E-state index < -0.39 is 0 Å². The average Bonchev–Trinajstić information content (AvgIpc) is 3.16. The van der Waals surface area contributed by atoms with Gasteiger partial charge in [0, 0.05) is 48.8 Å². The van der Waals surface area contributed by atoms with Gasteiger partial charge in [0.2, 0.25) is 0 Å². The first-order valence-corrected chi connectivity index (χ1v) is 11.1. The summed E-state index contributed by atoms with van der Waals surface area (Å²) in [5, 5.41) is 4.26. The van der Waals surface area contributed by atoms with E-state index in [-0.39, 0.29) is 11.3 Å². The highest BCUT2D eigenvalue weighted by molar-refractivity contribution is 6.07. The minimum Gasteiger partial charge on any atom is -0.497 e. The van der Waals surface area contributed by atoms with Crippen LogP contribution in [0, 0.1) is 5.92 Å². The van der Waals surface area contributed by atoms with Crippen LogP contribution < -0.4 is 10.1 Å². The highest BCUT2D eigenvalue weighted by atomic mass is 16.5. The van der Waals surface area contributed by atoms with Gasteiger partial charge in [0.25, 0.3) is 5.91 Å². The van der Waals surface area contributed by atoms with Gasteiger partial charge in [0.1, 0.15) is 5.75 Å². The molecule has 0 radical (unpaired) electrons. The first kappa shape index (κ1) is 21.4. The molecule has 4 rings (SSSR count). The van der Waals surface area contributed by atoms with E-state index in [1.165, 1.54) is 5.56 Å². The molecule has 0 atom stereocenters. The first-order valence-electron chi connectivity index (χ1n) is 11.1. The van der Waals surface area contributed by atoms with E-state index in [4.69, 9.17) is 9.47 Å². The maximum atomic E-state index is 13.3. The van der Waals surface area contributed by atoms with E-state index in [9.17, 15) is 4.79 Å². The number of amides is 1. The number of fused-ring (bicyclic) bond motifs is 1. The molecule has 1 amide bonds. The standard InChI is InChI=1S/C26H32N2O3/c1-19(2)16-28-17-23(22-6-4-5-7-24(22)28)25(29)27-18-26(12-14-31-15-13-26)20-8-10-21(30-3)11-9-20/h4-11,17,19H,12-16,18H2,1-3H3,(H,27,29). The fraction of sp³-hybridized carbons (Fsp3) is 0.423. The van der Waals surface area contributed by atoms with Crippen LogP contribution in [-0.4, -0.2) is 37.3 Å². The normalized spacial score (nSPS) is 15.9. The van der Waals surface area contributed by atoms with Crippen molar-refractivity contribution in [2.75, 3.05) is 26.9 Å². The van der Waals surface area contributed by atoms with Gasteiger partial charge in [0.05, 0.1) is 12.7 Å². The zero-order valence-electron chi connectivity index (χ0n) is 18.7. The molecular weight excluding hydrogens is 388 g/mol. The smallest absolute Gasteiger partial charge is 0.253 e. The molecule has 0 aliphatic carbocycles. The number of carbonyl (C=O) groups excluding carboxylic acids is 1. The number of methoxy groups -OCH3 is 1. The van der Waals surface area contributed by atoms with Crippen LogP contribution in [0.4, 0.5) is 0 Å². The lowest BCUT2D eigenvalue weighted by Gasteiger charge is -2.38. The molecule has 1 aromatic heterocycles. The van der Waals surface area contributed by atoms with Crippen molar-refractivity contribution in [3.63, 3.8) is 0 Å². The van der Waals surface area contributed by atoms with Gasteiger partial charge in [-0.1, -0.05) is 44.2 Å². The minimum atomic E-state index is -0.128. The summed E-state index contributed by atoms with van der Waals surface area (Å²) in [6, 6.07) is 16.4. The molecule has 0 spiro atoms. The van der Waals surface area contributed by atoms with Crippen LogP contribution in [0.5, 0.6) is 5.75 Å². The van der Waals surface area contributed by atoms with Crippen LogP contribution in [0.1, 0.15) is 42.6 Å². The van der Waals surface area contributed by atoms with Crippen LogP contribution in [0.2, 0.25) is 0 Å². The lowest BCUT2D eigenvalue weighted by atomic mass is 9.74. The Morgan fingerprint density at radius 2 is 1.84 bits per heavy atom. The fourth-order valence-electron chi connectivity index (χ4n) is 4.59. The fourth-order valence-corrected chi connectivity index (χ4v) is 4.59. The molecular formula is C26H32N2O3. The van der Waals surface area contributed by atoms with Crippen molar-refractivity contribution in [2.45, 2.75) is 38.6 Å². The Morgan fingerprint density at radius 3 is 2.52 bits per heavy atom. The Labute approximate surface area is 184 Å². The number of carbonyl (C=O) groups is 1. The summed E-state index contributed by atoms with van der Waals surface area (Å²) in [5.41, 5.74) is 2.95. The number of benzene rings is 2. The van der Waals surface area contributed by atoms with Crippen molar-refractivity contribution in [1.82, 2.24) is 9.88 Å². The third-order valence-corrected chi connectivity index (χ3v) is 6.33. The molecule has 1 aliphatic rings. The van der Waals surface area contributed by atoms with Crippen LogP contribution >= 0.6 is 0 Å². The van der Waals surface area contributed by atoms with Crippen molar-refractivity contribution in [2.24, 2.45) is 5.92 Å². The van der Waals surface area contributed by atoms with Crippen molar-refractivity contribution in [3.05, 3.63) is 65.9 Å². The maximum Gasteiger partial charge on any atom is 0.253 e. The molecule has 1 aliphatic heterocycles. The zero-order chi connectivity index (χ0) is 21.8. The molecule has 0 saturated carbocycles. The average molecular weight is 421 g/mol. The zero-order valence-corrected chi connectivity index (χ0v) is 18.7. The molecule has 5 nitrogen and oxygen atoms in total. The van der Waals surface area contributed by atoms with E-state index >= 15 is 0 Å². The second kappa shape index (κ2) is 9.15. The predicted octanol–water partition coefficient (Wildman–Crippen LogP) is 4.78. The number of ether oxygens (including phenoxy) is 2. The molecule has 164 valence electrons. The summed E-state index contributed by atoms with van der Waals surface area (Å²) < 4.78 is 13.2. The number of para-hydroxylation sites is 1. The molecule has 2 heterocycles. The number of hydrogen-bond donors (Lipinski definition) is 1. The van der Waals surface area contributed by atoms with E-state index in [1.54, 1.807) is 7.11 Å². The molecule has 0 bridgehead atoms. The summed E-state index contributed by atoms with van der Waals surface area (Å²) >= 11 is 0. The van der Waals surface area contributed by atoms with E-state index in [1.807, 2.05) is 36.5 Å². The number of nitrogens with one attached hydrogen (secondary N) is 1. The van der Waals surface area contributed by atoms with Crippen LogP contribution in [0.15, 0.2) is 54.7 Å². The molecule has 0 unspecified atom stereocenters. The predicted molar refractivity (Wildman–Crippen MR) is 124 cm³/mol. The van der Waals surface area contributed by atoms with E-state index in [0.717, 1.165) is 41.6 Å². The van der Waals surface area contributed by atoms with Crippen molar-refractivity contribution in [3.8, 4) is 5.75 Å². The maximum absolute atomic E-state index is 13.3. The van der Waals surface area contributed by atoms with Gasteiger partial charge in [-0.15, -0.1) is 0 Å². The lowest BCUT2D eigenvalue weighted by molar-refractivity contribution is 0.0487. The molecule has 1 N–H and O–H groups in total. The molecule has 1 saturated heterocycles. The summed E-state index contributed by atoms with van der Waals surface area (Å²) in [7, 11) is 1.68. The molecule has 31 heavy (non-hydrogen) atoms. The second-order valence-electron chi connectivity index (χ2n) is 8.91. The van der Waals surface area contributed by atoms with Gasteiger partial charge in [0.15, 0.2) is 0 Å². The van der Waals surface area contributed by atoms with Gasteiger partial charge in [-0.25, -0.2) is 0 Å². The van der Waals surface area contributed by atoms with Crippen LogP contribution in [0.25, 0.3) is 10.9 Å². The minimum absolute atomic E-state index is 0.0157. The highest BCUT2D eigenvalue weighted by Gasteiger charge is 2.35. The molecule has 1 fully saturated rings. The number of nitrogens with zero attached hydrogens (tertiary/aromatic N) is 1. The van der Waals surface area contributed by atoms with Gasteiger partial charge < -0.3 is 19.4 Å². The first-order chi connectivity index (χ1) is 15.0. The molecule has 3 aromatic rings. The molecule has 5 heteroatoms. The topological polar surface area (TPSA) is 52.5 Å². The van der Waals surface area contributed by atoms with Crippen molar-refractivity contribution in [1.29, 1.82) is 0 Å². The Kier molecular flexibility index (Phi) is 6.33. The van der Waals surface area contributed by atoms with E-state index in [2.05, 4.69) is 41.9 Å². The summed E-state index contributed by atoms with van der Waals surface area (Å²) in [6.07, 6.45) is 3.77. The van der Waals surface area contributed by atoms with Crippen molar-refractivity contribution < 1.29 is 14.3 Å². The van der Waals surface area contributed by atoms with Gasteiger partial charge in [-0.2, -0.15) is 0 Å². The SMILES string of the molecule is COc1ccc(C2(CNC(=O)c3cn(CC(C)C)c4ccccc34)CCOCC2)cc1. The highest BCUT2D eigenvalue weighted by Crippen LogP contribution is 2.35. The number of rotatable bonds is 7. The van der Waals surface area contributed by atoms with Gasteiger partial charge in [-0.3, -0.25) is 4.79 Å². The monoisotopic (exact) mass is 420 g/mol. The van der Waals surface area contributed by atoms with Crippen LogP contribution in [0.3, 0.4) is 0 Å². The summed E-state index contributed by atoms with van der Waals surface area (Å²) in [4.78, 5) is 13.3.